The molecule has 1 atom stereocenters. The minimum atomic E-state index is -1.09. The molecule has 23 heavy (non-hydrogen) atoms. The van der Waals surface area contributed by atoms with E-state index in [1.165, 1.54) is 30.9 Å². The van der Waals surface area contributed by atoms with E-state index in [1.54, 1.807) is 0 Å². The van der Waals surface area contributed by atoms with Gasteiger partial charge in [-0.15, -0.1) is 0 Å². The number of carboxylic acids is 1. The highest BCUT2D eigenvalue weighted by molar-refractivity contribution is 5.91. The third-order valence-corrected chi connectivity index (χ3v) is 4.04. The Morgan fingerprint density at radius 3 is 2.70 bits per heavy atom. The lowest BCUT2D eigenvalue weighted by Crippen LogP contribution is -2.17. The summed E-state index contributed by atoms with van der Waals surface area (Å²) in [5.74, 6) is -1.27. The van der Waals surface area contributed by atoms with Crippen molar-refractivity contribution in [2.24, 2.45) is 0 Å². The number of carbonyl (C=O) groups excluding carboxylic acids is 1. The van der Waals surface area contributed by atoms with Gasteiger partial charge in [-0.2, -0.15) is 0 Å². The zero-order chi connectivity index (χ0) is 16.4. The standard InChI is InChI=1S/C18H16O5/c1-22-16-10-12(7-9-15(16)17(19)20)23-18(21)14-8-6-11-4-2-3-5-13(11)14/h2-5,7,9-10,14H,6,8H2,1H3,(H,19,20). The highest BCUT2D eigenvalue weighted by Gasteiger charge is 2.30. The van der Waals surface area contributed by atoms with Gasteiger partial charge in [-0.3, -0.25) is 4.79 Å². The molecule has 1 N–H and O–H groups in total. The summed E-state index contributed by atoms with van der Waals surface area (Å²) in [7, 11) is 1.38. The number of methoxy groups -OCH3 is 1. The molecule has 5 heteroatoms. The molecule has 0 saturated heterocycles. The summed E-state index contributed by atoms with van der Waals surface area (Å²) in [5.41, 5.74) is 2.21. The first kappa shape index (κ1) is 15.1. The molecule has 2 aromatic carbocycles. The first-order valence-corrected chi connectivity index (χ1v) is 7.31. The molecule has 0 bridgehead atoms. The van der Waals surface area contributed by atoms with Gasteiger partial charge in [0.05, 0.1) is 13.0 Å². The van der Waals surface area contributed by atoms with Crippen molar-refractivity contribution < 1.29 is 24.2 Å². The van der Waals surface area contributed by atoms with Crippen LogP contribution in [-0.4, -0.2) is 24.2 Å². The summed E-state index contributed by atoms with van der Waals surface area (Å²) >= 11 is 0. The Hall–Kier alpha value is -2.82. The molecule has 0 fully saturated rings. The summed E-state index contributed by atoms with van der Waals surface area (Å²) in [5, 5.41) is 9.06. The number of benzene rings is 2. The van der Waals surface area contributed by atoms with Gasteiger partial charge in [-0.05, 0) is 36.1 Å². The molecule has 0 radical (unpaired) electrons. The quantitative estimate of drug-likeness (QED) is 0.694. The largest absolute Gasteiger partial charge is 0.496 e. The zero-order valence-corrected chi connectivity index (χ0v) is 12.6. The van der Waals surface area contributed by atoms with E-state index in [4.69, 9.17) is 14.6 Å². The summed E-state index contributed by atoms with van der Waals surface area (Å²) in [6.07, 6.45) is 1.58. The molecule has 1 aliphatic rings. The molecule has 0 aromatic heterocycles. The number of aryl methyl sites for hydroxylation is 1. The van der Waals surface area contributed by atoms with Crippen molar-refractivity contribution in [3.8, 4) is 11.5 Å². The van der Waals surface area contributed by atoms with Gasteiger partial charge in [0.15, 0.2) is 0 Å². The van der Waals surface area contributed by atoms with Crippen molar-refractivity contribution in [1.29, 1.82) is 0 Å². The van der Waals surface area contributed by atoms with Crippen LogP contribution in [0.1, 0.15) is 33.8 Å². The number of hydrogen-bond acceptors (Lipinski definition) is 4. The lowest BCUT2D eigenvalue weighted by atomic mass is 10.0. The number of carboxylic acid groups (broad SMARTS) is 1. The van der Waals surface area contributed by atoms with E-state index in [0.29, 0.717) is 0 Å². The predicted molar refractivity (Wildman–Crippen MR) is 83.1 cm³/mol. The number of carbonyl (C=O) groups is 2. The first-order valence-electron chi connectivity index (χ1n) is 7.31. The second-order valence-electron chi connectivity index (χ2n) is 5.38. The van der Waals surface area contributed by atoms with Crippen LogP contribution in [-0.2, 0) is 11.2 Å². The average molecular weight is 312 g/mol. The van der Waals surface area contributed by atoms with Crippen LogP contribution < -0.4 is 9.47 Å². The topological polar surface area (TPSA) is 72.8 Å². The molecular formula is C18H16O5. The van der Waals surface area contributed by atoms with Crippen LogP contribution in [0.3, 0.4) is 0 Å². The maximum absolute atomic E-state index is 12.4. The summed E-state index contributed by atoms with van der Waals surface area (Å²) in [4.78, 5) is 23.5. The molecule has 2 aromatic rings. The van der Waals surface area contributed by atoms with Crippen molar-refractivity contribution in [1.82, 2.24) is 0 Å². The molecule has 1 aliphatic carbocycles. The summed E-state index contributed by atoms with van der Waals surface area (Å²) in [6, 6.07) is 12.1. The van der Waals surface area contributed by atoms with Gasteiger partial charge in [0.25, 0.3) is 0 Å². The molecule has 0 aliphatic heterocycles. The zero-order valence-electron chi connectivity index (χ0n) is 12.6. The fourth-order valence-electron chi connectivity index (χ4n) is 2.90. The Balaban J connectivity index is 1.80. The van der Waals surface area contributed by atoms with E-state index in [-0.39, 0.29) is 28.9 Å². The van der Waals surface area contributed by atoms with Gasteiger partial charge >= 0.3 is 11.9 Å². The Morgan fingerprint density at radius 1 is 1.17 bits per heavy atom. The van der Waals surface area contributed by atoms with Crippen molar-refractivity contribution in [2.75, 3.05) is 7.11 Å². The fourth-order valence-corrected chi connectivity index (χ4v) is 2.90. The van der Waals surface area contributed by atoms with Gasteiger partial charge < -0.3 is 14.6 Å². The second-order valence-corrected chi connectivity index (χ2v) is 5.38. The molecule has 0 saturated carbocycles. The number of hydrogen-bond donors (Lipinski definition) is 1. The number of aromatic carboxylic acids is 1. The van der Waals surface area contributed by atoms with Gasteiger partial charge in [0, 0.05) is 6.07 Å². The van der Waals surface area contributed by atoms with Crippen LogP contribution in [0.25, 0.3) is 0 Å². The van der Waals surface area contributed by atoms with Gasteiger partial charge in [-0.1, -0.05) is 24.3 Å². The highest BCUT2D eigenvalue weighted by atomic mass is 16.5. The normalized spacial score (nSPS) is 15.8. The monoisotopic (exact) mass is 312 g/mol. The van der Waals surface area contributed by atoms with E-state index in [1.807, 2.05) is 24.3 Å². The number of rotatable bonds is 4. The van der Waals surface area contributed by atoms with Crippen LogP contribution in [0.2, 0.25) is 0 Å². The van der Waals surface area contributed by atoms with E-state index in [9.17, 15) is 9.59 Å². The van der Waals surface area contributed by atoms with Crippen LogP contribution in [0.15, 0.2) is 42.5 Å². The Morgan fingerprint density at radius 2 is 1.96 bits per heavy atom. The lowest BCUT2D eigenvalue weighted by Gasteiger charge is -2.12. The van der Waals surface area contributed by atoms with Crippen LogP contribution in [0.5, 0.6) is 11.5 Å². The van der Waals surface area contributed by atoms with Crippen LogP contribution >= 0.6 is 0 Å². The highest BCUT2D eigenvalue weighted by Crippen LogP contribution is 2.34. The van der Waals surface area contributed by atoms with Crippen molar-refractivity contribution >= 4 is 11.9 Å². The third kappa shape index (κ3) is 2.90. The fraction of sp³-hybridized carbons (Fsp3) is 0.222. The SMILES string of the molecule is COc1cc(OC(=O)C2CCc3ccccc32)ccc1C(=O)O. The summed E-state index contributed by atoms with van der Waals surface area (Å²) in [6.45, 7) is 0. The van der Waals surface area contributed by atoms with E-state index < -0.39 is 5.97 Å². The molecule has 0 amide bonds. The Bertz CT molecular complexity index is 766. The summed E-state index contributed by atoms with van der Waals surface area (Å²) < 4.78 is 10.5. The molecule has 118 valence electrons. The molecule has 5 nitrogen and oxygen atoms in total. The number of fused-ring (bicyclic) bond motifs is 1. The van der Waals surface area contributed by atoms with Gasteiger partial charge in [0.1, 0.15) is 17.1 Å². The molecule has 3 rings (SSSR count). The number of ether oxygens (including phenoxy) is 2. The Kier molecular flexibility index (Phi) is 4.02. The van der Waals surface area contributed by atoms with Crippen LogP contribution in [0, 0.1) is 0 Å². The van der Waals surface area contributed by atoms with Crippen LogP contribution in [0.4, 0.5) is 0 Å². The average Bonchev–Trinajstić information content (AvgIpc) is 2.98. The smallest absolute Gasteiger partial charge is 0.339 e. The van der Waals surface area contributed by atoms with E-state index >= 15 is 0 Å². The number of esters is 1. The van der Waals surface area contributed by atoms with Crippen molar-refractivity contribution in [3.05, 3.63) is 59.2 Å². The van der Waals surface area contributed by atoms with Gasteiger partial charge in [0.2, 0.25) is 0 Å². The molecule has 1 unspecified atom stereocenters. The van der Waals surface area contributed by atoms with Crippen molar-refractivity contribution in [3.63, 3.8) is 0 Å². The Labute approximate surface area is 133 Å². The van der Waals surface area contributed by atoms with E-state index in [0.717, 1.165) is 18.4 Å². The minimum Gasteiger partial charge on any atom is -0.496 e. The first-order chi connectivity index (χ1) is 11.1. The van der Waals surface area contributed by atoms with E-state index in [2.05, 4.69) is 0 Å². The minimum absolute atomic E-state index is 0.0264. The maximum Gasteiger partial charge on any atom is 0.339 e. The molecule has 0 heterocycles. The second kappa shape index (κ2) is 6.12. The third-order valence-electron chi connectivity index (χ3n) is 4.04. The lowest BCUT2D eigenvalue weighted by molar-refractivity contribution is -0.136. The molecule has 0 spiro atoms. The van der Waals surface area contributed by atoms with Gasteiger partial charge in [-0.25, -0.2) is 4.79 Å². The van der Waals surface area contributed by atoms with Crippen molar-refractivity contribution in [2.45, 2.75) is 18.8 Å². The maximum atomic E-state index is 12.4. The predicted octanol–water partition coefficient (Wildman–Crippen LogP) is 3.03. The molecular weight excluding hydrogens is 296 g/mol.